The van der Waals surface area contributed by atoms with Crippen LogP contribution in [0.5, 0.6) is 0 Å². The van der Waals surface area contributed by atoms with Crippen molar-refractivity contribution in [3.63, 3.8) is 0 Å². The number of para-hydroxylation sites is 1. The topological polar surface area (TPSA) is 68.3 Å². The standard InChI is InChI=1S/C23H20N2O3S3/c1-4-28-23(27)19-13(2)18(21-24-16-10-5-6-11-17(16)30-21)22(31-19)25-20(26)14-8-7-9-15(12-14)29-3/h5-12H,4H2,1-3H3,(H,25,26). The molecule has 1 amide bonds. The SMILES string of the molecule is CCOC(=O)c1sc(NC(=O)c2cccc(SC)c2)c(-c2nc3ccccc3s2)c1C. The molecule has 0 fully saturated rings. The molecule has 0 unspecified atom stereocenters. The summed E-state index contributed by atoms with van der Waals surface area (Å²) in [5.74, 6) is -0.618. The number of anilines is 1. The number of fused-ring (bicyclic) bond motifs is 1. The number of thiophene rings is 1. The lowest BCUT2D eigenvalue weighted by Crippen LogP contribution is -2.11. The minimum absolute atomic E-state index is 0.227. The van der Waals surface area contributed by atoms with Crippen molar-refractivity contribution in [3.8, 4) is 10.6 Å². The number of nitrogens with one attached hydrogen (secondary N) is 1. The Kier molecular flexibility index (Phi) is 6.41. The first kappa shape index (κ1) is 21.5. The van der Waals surface area contributed by atoms with Gasteiger partial charge in [-0.25, -0.2) is 9.78 Å². The highest BCUT2D eigenvalue weighted by molar-refractivity contribution is 7.98. The van der Waals surface area contributed by atoms with Crippen LogP contribution in [0.2, 0.25) is 0 Å². The summed E-state index contributed by atoms with van der Waals surface area (Å²) < 4.78 is 6.28. The number of thioether (sulfide) groups is 1. The van der Waals surface area contributed by atoms with E-state index in [4.69, 9.17) is 9.72 Å². The first-order chi connectivity index (χ1) is 15.0. The fourth-order valence-corrected chi connectivity index (χ4v) is 5.86. The molecule has 2 heterocycles. The van der Waals surface area contributed by atoms with Crippen molar-refractivity contribution in [2.24, 2.45) is 0 Å². The van der Waals surface area contributed by atoms with Gasteiger partial charge in [0.1, 0.15) is 14.9 Å². The van der Waals surface area contributed by atoms with Crippen molar-refractivity contribution in [2.75, 3.05) is 18.2 Å². The lowest BCUT2D eigenvalue weighted by molar-refractivity contribution is 0.0531. The second-order valence-electron chi connectivity index (χ2n) is 6.65. The van der Waals surface area contributed by atoms with Crippen LogP contribution < -0.4 is 5.32 Å². The largest absolute Gasteiger partial charge is 0.462 e. The van der Waals surface area contributed by atoms with Gasteiger partial charge in [-0.3, -0.25) is 4.79 Å². The molecule has 31 heavy (non-hydrogen) atoms. The molecule has 158 valence electrons. The van der Waals surface area contributed by atoms with Gasteiger partial charge < -0.3 is 10.1 Å². The highest BCUT2D eigenvalue weighted by Gasteiger charge is 2.25. The van der Waals surface area contributed by atoms with E-state index in [-0.39, 0.29) is 12.5 Å². The highest BCUT2D eigenvalue weighted by Crippen LogP contribution is 2.43. The van der Waals surface area contributed by atoms with Gasteiger partial charge in [-0.05, 0) is 56.0 Å². The number of nitrogens with zero attached hydrogens (tertiary/aromatic N) is 1. The molecule has 0 atom stereocenters. The van der Waals surface area contributed by atoms with E-state index < -0.39 is 5.97 Å². The Morgan fingerprint density at radius 1 is 1.13 bits per heavy atom. The van der Waals surface area contributed by atoms with Crippen LogP contribution in [0.3, 0.4) is 0 Å². The van der Waals surface area contributed by atoms with Gasteiger partial charge in [0.05, 0.1) is 16.8 Å². The summed E-state index contributed by atoms with van der Waals surface area (Å²) in [6.45, 7) is 3.93. The van der Waals surface area contributed by atoms with E-state index in [0.717, 1.165) is 31.2 Å². The Morgan fingerprint density at radius 2 is 1.94 bits per heavy atom. The molecule has 0 spiro atoms. The Hall–Kier alpha value is -2.68. The second kappa shape index (κ2) is 9.21. The molecule has 0 saturated carbocycles. The maximum Gasteiger partial charge on any atom is 0.348 e. The van der Waals surface area contributed by atoms with E-state index >= 15 is 0 Å². The molecule has 0 aliphatic rings. The van der Waals surface area contributed by atoms with Crippen molar-refractivity contribution in [1.82, 2.24) is 4.98 Å². The molecule has 0 bridgehead atoms. The minimum Gasteiger partial charge on any atom is -0.462 e. The summed E-state index contributed by atoms with van der Waals surface area (Å²) in [4.78, 5) is 31.8. The molecule has 0 aliphatic heterocycles. The summed E-state index contributed by atoms with van der Waals surface area (Å²) in [6, 6.07) is 15.3. The number of carbonyl (C=O) groups excluding carboxylic acids is 2. The van der Waals surface area contributed by atoms with Crippen LogP contribution in [-0.4, -0.2) is 29.7 Å². The summed E-state index contributed by atoms with van der Waals surface area (Å²) in [5, 5.41) is 4.37. The van der Waals surface area contributed by atoms with Crippen molar-refractivity contribution in [1.29, 1.82) is 0 Å². The van der Waals surface area contributed by atoms with Crippen molar-refractivity contribution >= 4 is 61.5 Å². The molecule has 5 nitrogen and oxygen atoms in total. The van der Waals surface area contributed by atoms with Crippen molar-refractivity contribution in [2.45, 2.75) is 18.7 Å². The Labute approximate surface area is 192 Å². The molecule has 4 aromatic rings. The Morgan fingerprint density at radius 3 is 2.68 bits per heavy atom. The lowest BCUT2D eigenvalue weighted by atomic mass is 10.1. The van der Waals surface area contributed by atoms with Gasteiger partial charge in [0.15, 0.2) is 0 Å². The number of ether oxygens (including phenoxy) is 1. The van der Waals surface area contributed by atoms with Crippen molar-refractivity contribution in [3.05, 3.63) is 64.5 Å². The summed E-state index contributed by atoms with van der Waals surface area (Å²) in [5.41, 5.74) is 2.97. The third kappa shape index (κ3) is 4.37. The maximum absolute atomic E-state index is 13.0. The molecular weight excluding hydrogens is 448 g/mol. The predicted molar refractivity (Wildman–Crippen MR) is 130 cm³/mol. The number of benzene rings is 2. The number of esters is 1. The highest BCUT2D eigenvalue weighted by atomic mass is 32.2. The zero-order valence-corrected chi connectivity index (χ0v) is 19.7. The van der Waals surface area contributed by atoms with Gasteiger partial charge in [-0.2, -0.15) is 0 Å². The number of thiazole rings is 1. The number of aromatic nitrogens is 1. The summed E-state index contributed by atoms with van der Waals surface area (Å²) in [6.07, 6.45) is 1.97. The minimum atomic E-state index is -0.391. The number of hydrogen-bond donors (Lipinski definition) is 1. The molecule has 8 heteroatoms. The van der Waals surface area contributed by atoms with E-state index in [9.17, 15) is 9.59 Å². The van der Waals surface area contributed by atoms with Gasteiger partial charge in [-0.15, -0.1) is 34.4 Å². The summed E-state index contributed by atoms with van der Waals surface area (Å²) >= 11 is 4.34. The van der Waals surface area contributed by atoms with Gasteiger partial charge in [0.25, 0.3) is 5.91 Å². The number of rotatable bonds is 6. The van der Waals surface area contributed by atoms with E-state index in [1.165, 1.54) is 22.7 Å². The fourth-order valence-electron chi connectivity index (χ4n) is 3.17. The molecule has 0 aliphatic carbocycles. The number of amides is 1. The van der Waals surface area contributed by atoms with Gasteiger partial charge in [-0.1, -0.05) is 18.2 Å². The van der Waals surface area contributed by atoms with Gasteiger partial charge in [0, 0.05) is 16.0 Å². The van der Waals surface area contributed by atoms with Crippen LogP contribution >= 0.6 is 34.4 Å². The summed E-state index contributed by atoms with van der Waals surface area (Å²) in [7, 11) is 0. The third-order valence-electron chi connectivity index (χ3n) is 4.67. The van der Waals surface area contributed by atoms with Crippen LogP contribution in [0.4, 0.5) is 5.00 Å². The first-order valence-electron chi connectivity index (χ1n) is 9.63. The lowest BCUT2D eigenvalue weighted by Gasteiger charge is -2.07. The van der Waals surface area contributed by atoms with Gasteiger partial charge in [0.2, 0.25) is 0 Å². The maximum atomic E-state index is 13.0. The molecule has 4 rings (SSSR count). The fraction of sp³-hybridized carbons (Fsp3) is 0.174. The molecule has 2 aromatic carbocycles. The third-order valence-corrected chi connectivity index (χ3v) is 7.64. The zero-order chi connectivity index (χ0) is 22.0. The molecule has 1 N–H and O–H groups in total. The monoisotopic (exact) mass is 468 g/mol. The average Bonchev–Trinajstić information content (AvgIpc) is 3.34. The molecule has 2 aromatic heterocycles. The zero-order valence-electron chi connectivity index (χ0n) is 17.2. The molecule has 0 radical (unpaired) electrons. The Bertz CT molecular complexity index is 1240. The van der Waals surface area contributed by atoms with Crippen LogP contribution in [0.15, 0.2) is 53.4 Å². The average molecular weight is 469 g/mol. The van der Waals surface area contributed by atoms with Crippen LogP contribution in [0.25, 0.3) is 20.8 Å². The second-order valence-corrected chi connectivity index (χ2v) is 9.58. The van der Waals surface area contributed by atoms with Crippen LogP contribution in [0.1, 0.15) is 32.5 Å². The number of hydrogen-bond acceptors (Lipinski definition) is 7. The van der Waals surface area contributed by atoms with Crippen LogP contribution in [-0.2, 0) is 4.74 Å². The quantitative estimate of drug-likeness (QED) is 0.259. The molecule has 0 saturated heterocycles. The van der Waals surface area contributed by atoms with E-state index in [0.29, 0.717) is 15.4 Å². The van der Waals surface area contributed by atoms with Crippen LogP contribution in [0, 0.1) is 6.92 Å². The van der Waals surface area contributed by atoms with E-state index in [2.05, 4.69) is 5.32 Å². The van der Waals surface area contributed by atoms with E-state index in [1.807, 2.05) is 55.6 Å². The predicted octanol–water partition coefficient (Wildman–Crippen LogP) is 6.48. The first-order valence-corrected chi connectivity index (χ1v) is 12.5. The van der Waals surface area contributed by atoms with E-state index in [1.54, 1.807) is 24.8 Å². The van der Waals surface area contributed by atoms with Crippen molar-refractivity contribution < 1.29 is 14.3 Å². The normalized spacial score (nSPS) is 10.9. The smallest absolute Gasteiger partial charge is 0.348 e. The number of carbonyl (C=O) groups is 2. The molecular formula is C23H20N2O3S3. The van der Waals surface area contributed by atoms with Gasteiger partial charge >= 0.3 is 5.97 Å². The Balaban J connectivity index is 1.79.